The van der Waals surface area contributed by atoms with Crippen LogP contribution in [0, 0.1) is 0 Å². The van der Waals surface area contributed by atoms with Crippen LogP contribution in [-0.2, 0) is 6.42 Å². The monoisotopic (exact) mass is 422 g/mol. The highest BCUT2D eigenvalue weighted by Crippen LogP contribution is 2.29. The van der Waals surface area contributed by atoms with E-state index in [1.165, 1.54) is 44.3 Å². The van der Waals surface area contributed by atoms with Gasteiger partial charge in [-0.1, -0.05) is 12.1 Å². The molecule has 1 aliphatic carbocycles. The summed E-state index contributed by atoms with van der Waals surface area (Å²) in [6.45, 7) is 3.27. The Balaban J connectivity index is 1.18. The van der Waals surface area contributed by atoms with E-state index in [1.807, 2.05) is 43.4 Å². The lowest BCUT2D eigenvalue weighted by atomic mass is 10.1. The normalized spacial score (nSPS) is 17.9. The average Bonchev–Trinajstić information content (AvgIpc) is 3.66. The Morgan fingerprint density at radius 3 is 2.13 bits per heavy atom. The molecule has 0 radical (unpaired) electrons. The van der Waals surface area contributed by atoms with Crippen molar-refractivity contribution in [1.82, 2.24) is 15.5 Å². The summed E-state index contributed by atoms with van der Waals surface area (Å²) in [5.41, 5.74) is 1.27. The molecule has 2 aromatic carbocycles. The molecule has 31 heavy (non-hydrogen) atoms. The molecule has 4 rings (SSSR count). The first-order valence-electron chi connectivity index (χ1n) is 11.4. The summed E-state index contributed by atoms with van der Waals surface area (Å²) in [7, 11) is 3.51. The molecule has 1 aliphatic heterocycles. The minimum absolute atomic E-state index is 0.524. The van der Waals surface area contributed by atoms with E-state index in [1.54, 1.807) is 7.11 Å². The van der Waals surface area contributed by atoms with Gasteiger partial charge < -0.3 is 25.0 Å². The van der Waals surface area contributed by atoms with Gasteiger partial charge in [0.15, 0.2) is 5.96 Å². The third-order valence-electron chi connectivity index (χ3n) is 6.08. The SMILES string of the molecule is CN=C(NCCc1ccc(Oc2ccc(OC)cc2)cc1)NC1CCN(C2CC2)CC1. The van der Waals surface area contributed by atoms with Crippen molar-refractivity contribution in [1.29, 1.82) is 0 Å². The van der Waals surface area contributed by atoms with Crippen molar-refractivity contribution < 1.29 is 9.47 Å². The molecule has 0 unspecified atom stereocenters. The predicted molar refractivity (Wildman–Crippen MR) is 125 cm³/mol. The van der Waals surface area contributed by atoms with Gasteiger partial charge in [-0.15, -0.1) is 0 Å². The summed E-state index contributed by atoms with van der Waals surface area (Å²) in [6.07, 6.45) is 6.13. The Morgan fingerprint density at radius 1 is 0.935 bits per heavy atom. The standard InChI is InChI=1S/C25H34N4O2/c1-26-25(28-20-14-17-29(18-15-20)21-5-6-21)27-16-13-19-3-7-23(8-4-19)31-24-11-9-22(30-2)10-12-24/h3-4,7-12,20-21H,5-6,13-18H2,1-2H3,(H2,26,27,28). The number of hydrogen-bond acceptors (Lipinski definition) is 4. The molecule has 2 fully saturated rings. The topological polar surface area (TPSA) is 58.1 Å². The number of likely N-dealkylation sites (tertiary alicyclic amines) is 1. The van der Waals surface area contributed by atoms with Gasteiger partial charge >= 0.3 is 0 Å². The maximum absolute atomic E-state index is 5.90. The second-order valence-electron chi connectivity index (χ2n) is 8.36. The van der Waals surface area contributed by atoms with Gasteiger partial charge in [-0.3, -0.25) is 4.99 Å². The molecule has 2 aliphatic rings. The van der Waals surface area contributed by atoms with Crippen LogP contribution in [0.1, 0.15) is 31.2 Å². The summed E-state index contributed by atoms with van der Waals surface area (Å²) < 4.78 is 11.1. The molecule has 2 N–H and O–H groups in total. The predicted octanol–water partition coefficient (Wildman–Crippen LogP) is 3.82. The van der Waals surface area contributed by atoms with Crippen LogP contribution >= 0.6 is 0 Å². The van der Waals surface area contributed by atoms with E-state index >= 15 is 0 Å². The van der Waals surface area contributed by atoms with Crippen LogP contribution in [-0.4, -0.2) is 56.7 Å². The molecule has 1 heterocycles. The van der Waals surface area contributed by atoms with Gasteiger partial charge in [0.2, 0.25) is 0 Å². The van der Waals surface area contributed by atoms with Gasteiger partial charge in [0, 0.05) is 38.8 Å². The third kappa shape index (κ3) is 6.37. The second kappa shape index (κ2) is 10.5. The maximum Gasteiger partial charge on any atom is 0.191 e. The molecule has 166 valence electrons. The first-order valence-corrected chi connectivity index (χ1v) is 11.4. The lowest BCUT2D eigenvalue weighted by molar-refractivity contribution is 0.197. The molecule has 0 amide bonds. The number of piperidine rings is 1. The first kappa shape index (κ1) is 21.5. The van der Waals surface area contributed by atoms with Crippen LogP contribution in [0.15, 0.2) is 53.5 Å². The largest absolute Gasteiger partial charge is 0.497 e. The molecule has 2 aromatic rings. The zero-order chi connectivity index (χ0) is 21.5. The highest BCUT2D eigenvalue weighted by molar-refractivity contribution is 5.79. The lowest BCUT2D eigenvalue weighted by Gasteiger charge is -2.33. The lowest BCUT2D eigenvalue weighted by Crippen LogP contribution is -2.49. The van der Waals surface area contributed by atoms with Crippen molar-refractivity contribution in [2.45, 2.75) is 44.2 Å². The van der Waals surface area contributed by atoms with Crippen molar-refractivity contribution in [3.63, 3.8) is 0 Å². The Morgan fingerprint density at radius 2 is 1.55 bits per heavy atom. The zero-order valence-corrected chi connectivity index (χ0v) is 18.6. The second-order valence-corrected chi connectivity index (χ2v) is 8.36. The number of nitrogens with zero attached hydrogens (tertiary/aromatic N) is 2. The zero-order valence-electron chi connectivity index (χ0n) is 18.6. The molecule has 0 spiro atoms. The summed E-state index contributed by atoms with van der Waals surface area (Å²) in [4.78, 5) is 7.05. The van der Waals surface area contributed by atoms with Gasteiger partial charge in [-0.05, 0) is 74.1 Å². The van der Waals surface area contributed by atoms with E-state index in [-0.39, 0.29) is 0 Å². The number of benzene rings is 2. The number of nitrogens with one attached hydrogen (secondary N) is 2. The number of guanidine groups is 1. The fourth-order valence-electron chi connectivity index (χ4n) is 4.07. The maximum atomic E-state index is 5.90. The van der Waals surface area contributed by atoms with Gasteiger partial charge in [0.05, 0.1) is 7.11 Å². The van der Waals surface area contributed by atoms with E-state index in [0.29, 0.717) is 6.04 Å². The summed E-state index contributed by atoms with van der Waals surface area (Å²) in [6, 6.07) is 17.3. The van der Waals surface area contributed by atoms with Crippen LogP contribution in [0.5, 0.6) is 17.2 Å². The van der Waals surface area contributed by atoms with Crippen LogP contribution < -0.4 is 20.1 Å². The highest BCUT2D eigenvalue weighted by Gasteiger charge is 2.31. The van der Waals surface area contributed by atoms with E-state index in [0.717, 1.165) is 42.2 Å². The average molecular weight is 423 g/mol. The van der Waals surface area contributed by atoms with Gasteiger partial charge in [-0.25, -0.2) is 0 Å². The number of hydrogen-bond donors (Lipinski definition) is 2. The van der Waals surface area contributed by atoms with Gasteiger partial charge in [0.25, 0.3) is 0 Å². The molecule has 0 atom stereocenters. The Hall–Kier alpha value is -2.73. The summed E-state index contributed by atoms with van der Waals surface area (Å²) >= 11 is 0. The molecular formula is C25H34N4O2. The first-order chi connectivity index (χ1) is 15.2. The Kier molecular flexibility index (Phi) is 7.30. The van der Waals surface area contributed by atoms with Crippen molar-refractivity contribution in [2.75, 3.05) is 33.8 Å². The minimum Gasteiger partial charge on any atom is -0.497 e. The van der Waals surface area contributed by atoms with Crippen LogP contribution in [0.2, 0.25) is 0 Å². The van der Waals surface area contributed by atoms with Gasteiger partial charge in [-0.2, -0.15) is 0 Å². The Bertz CT molecular complexity index is 839. The van der Waals surface area contributed by atoms with Crippen LogP contribution in [0.3, 0.4) is 0 Å². The fraction of sp³-hybridized carbons (Fsp3) is 0.480. The molecule has 1 saturated heterocycles. The molecule has 1 saturated carbocycles. The smallest absolute Gasteiger partial charge is 0.191 e. The number of methoxy groups -OCH3 is 1. The highest BCUT2D eigenvalue weighted by atomic mass is 16.5. The van der Waals surface area contributed by atoms with Crippen LogP contribution in [0.4, 0.5) is 0 Å². The molecule has 6 heteroatoms. The van der Waals surface area contributed by atoms with Crippen molar-refractivity contribution in [3.05, 3.63) is 54.1 Å². The van der Waals surface area contributed by atoms with Crippen molar-refractivity contribution in [2.24, 2.45) is 4.99 Å². The number of ether oxygens (including phenoxy) is 2. The summed E-state index contributed by atoms with van der Waals surface area (Å²) in [5, 5.41) is 7.06. The van der Waals surface area contributed by atoms with Crippen molar-refractivity contribution in [3.8, 4) is 17.2 Å². The molecule has 0 aromatic heterocycles. The minimum atomic E-state index is 0.524. The summed E-state index contributed by atoms with van der Waals surface area (Å²) in [5.74, 6) is 3.36. The van der Waals surface area contributed by atoms with Crippen molar-refractivity contribution >= 4 is 5.96 Å². The molecular weight excluding hydrogens is 388 g/mol. The van der Waals surface area contributed by atoms with E-state index < -0.39 is 0 Å². The third-order valence-corrected chi connectivity index (χ3v) is 6.08. The quantitative estimate of drug-likeness (QED) is 0.500. The molecule has 0 bridgehead atoms. The van der Waals surface area contributed by atoms with E-state index in [2.05, 4.69) is 32.7 Å². The molecule has 6 nitrogen and oxygen atoms in total. The van der Waals surface area contributed by atoms with E-state index in [4.69, 9.17) is 9.47 Å². The number of rotatable bonds is 8. The Labute approximate surface area is 185 Å². The number of aliphatic imine (C=N–C) groups is 1. The van der Waals surface area contributed by atoms with E-state index in [9.17, 15) is 0 Å². The fourth-order valence-corrected chi connectivity index (χ4v) is 4.07. The van der Waals surface area contributed by atoms with Gasteiger partial charge in [0.1, 0.15) is 17.2 Å². The van der Waals surface area contributed by atoms with Crippen LogP contribution in [0.25, 0.3) is 0 Å².